The molecule has 0 fully saturated rings. The first-order valence-electron chi connectivity index (χ1n) is 15.7. The first-order valence-corrected chi connectivity index (χ1v) is 15.7. The third-order valence-electron chi connectivity index (χ3n) is 7.28. The minimum absolute atomic E-state index is 0.214. The van der Waals surface area contributed by atoms with Gasteiger partial charge in [0.15, 0.2) is 0 Å². The number of anilines is 1. The minimum atomic E-state index is -0.665. The summed E-state index contributed by atoms with van der Waals surface area (Å²) in [6.07, 6.45) is 1.46. The molecule has 3 aromatic rings. The van der Waals surface area contributed by atoms with Gasteiger partial charge in [-0.3, -0.25) is 14.4 Å². The Kier molecular flexibility index (Phi) is 14.0. The van der Waals surface area contributed by atoms with Gasteiger partial charge >= 0.3 is 6.09 Å². The van der Waals surface area contributed by atoms with Gasteiger partial charge in [-0.15, -0.1) is 0 Å². The second-order valence-corrected chi connectivity index (χ2v) is 12.0. The highest BCUT2D eigenvalue weighted by Gasteiger charge is 2.35. The first-order chi connectivity index (χ1) is 23.0. The van der Waals surface area contributed by atoms with Gasteiger partial charge in [0.2, 0.25) is 12.3 Å². The third kappa shape index (κ3) is 11.4. The van der Waals surface area contributed by atoms with E-state index >= 15 is 0 Å². The Morgan fingerprint density at radius 3 is 2.19 bits per heavy atom. The predicted octanol–water partition coefficient (Wildman–Crippen LogP) is 4.31. The van der Waals surface area contributed by atoms with Crippen molar-refractivity contribution in [2.75, 3.05) is 19.4 Å². The number of hydrogen-bond donors (Lipinski definition) is 4. The zero-order valence-electron chi connectivity index (χ0n) is 28.1. The minimum Gasteiger partial charge on any atom is -0.489 e. The quantitative estimate of drug-likeness (QED) is 0.187. The van der Waals surface area contributed by atoms with Gasteiger partial charge in [-0.05, 0) is 79.8 Å². The molecule has 3 aromatic carbocycles. The van der Waals surface area contributed by atoms with Gasteiger partial charge in [0.05, 0.1) is 0 Å². The highest BCUT2D eigenvalue weighted by atomic mass is 16.6. The van der Waals surface area contributed by atoms with Crippen LogP contribution in [0.4, 0.5) is 10.5 Å². The summed E-state index contributed by atoms with van der Waals surface area (Å²) in [5.74, 6) is 0.333. The molecule has 48 heavy (non-hydrogen) atoms. The van der Waals surface area contributed by atoms with E-state index in [0.717, 1.165) is 40.0 Å². The number of aldehydes is 1. The number of ether oxygens (including phenoxy) is 2. The standard InChI is InChI=1S/C20H26N2O3.C16H19N3O4/c1-20(2,3)25-19(23)22-13-15-5-7-16(8-6-15)14-24-18-11-9-17(21-4)10-12-18;1-17-15(22)14(3-2-6-20)19-9-12-7-11(8-18-10-21)4-5-13(12)16(19)23/h5-12,21H,13-14H2,1-4H3,(H,22,23);4-7,10,14H,2-3,8-9H2,1H3,(H,17,22)(H,18,21). The zero-order valence-corrected chi connectivity index (χ0v) is 28.1. The average Bonchev–Trinajstić information content (AvgIpc) is 3.40. The Morgan fingerprint density at radius 1 is 0.917 bits per heavy atom. The number of rotatable bonds is 14. The number of alkyl carbamates (subject to hydrolysis) is 1. The van der Waals surface area contributed by atoms with Gasteiger partial charge in [-0.2, -0.15) is 0 Å². The largest absolute Gasteiger partial charge is 0.489 e. The van der Waals surface area contributed by atoms with Crippen molar-refractivity contribution in [1.29, 1.82) is 0 Å². The van der Waals surface area contributed by atoms with E-state index in [1.807, 2.05) is 82.4 Å². The second-order valence-electron chi connectivity index (χ2n) is 12.0. The maximum Gasteiger partial charge on any atom is 0.407 e. The summed E-state index contributed by atoms with van der Waals surface area (Å²) < 4.78 is 11.0. The molecule has 0 bridgehead atoms. The van der Waals surface area contributed by atoms with Crippen molar-refractivity contribution in [1.82, 2.24) is 20.9 Å². The molecule has 4 N–H and O–H groups in total. The lowest BCUT2D eigenvalue weighted by atomic mass is 10.1. The smallest absolute Gasteiger partial charge is 0.407 e. The molecule has 0 saturated carbocycles. The molecule has 1 aliphatic rings. The van der Waals surface area contributed by atoms with E-state index in [9.17, 15) is 24.0 Å². The van der Waals surface area contributed by atoms with Crippen molar-refractivity contribution < 1.29 is 33.4 Å². The number of hydrogen-bond acceptors (Lipinski definition) is 8. The molecule has 1 aliphatic heterocycles. The Balaban J connectivity index is 0.000000261. The van der Waals surface area contributed by atoms with E-state index in [1.54, 1.807) is 12.1 Å². The molecule has 0 saturated heterocycles. The molecule has 0 aromatic heterocycles. The molecule has 1 unspecified atom stereocenters. The molecule has 256 valence electrons. The van der Waals surface area contributed by atoms with Crippen molar-refractivity contribution in [2.24, 2.45) is 0 Å². The summed E-state index contributed by atoms with van der Waals surface area (Å²) in [6.45, 7) is 7.16. The molecular weight excluding hydrogens is 614 g/mol. The molecule has 12 nitrogen and oxygen atoms in total. The van der Waals surface area contributed by atoms with Crippen LogP contribution in [0.1, 0.15) is 66.2 Å². The number of nitrogens with zero attached hydrogens (tertiary/aromatic N) is 1. The fraction of sp³-hybridized carbons (Fsp3) is 0.361. The van der Waals surface area contributed by atoms with Crippen molar-refractivity contribution in [3.05, 3.63) is 94.5 Å². The van der Waals surface area contributed by atoms with Crippen molar-refractivity contribution in [2.45, 2.75) is 71.5 Å². The Labute approximate surface area is 281 Å². The topological polar surface area (TPSA) is 155 Å². The van der Waals surface area contributed by atoms with Crippen LogP contribution in [0.2, 0.25) is 0 Å². The van der Waals surface area contributed by atoms with Crippen LogP contribution in [-0.4, -0.2) is 61.2 Å². The predicted molar refractivity (Wildman–Crippen MR) is 182 cm³/mol. The van der Waals surface area contributed by atoms with Gasteiger partial charge < -0.3 is 40.4 Å². The lowest BCUT2D eigenvalue weighted by Crippen LogP contribution is -2.46. The van der Waals surface area contributed by atoms with E-state index < -0.39 is 17.7 Å². The molecule has 0 radical (unpaired) electrons. The highest BCUT2D eigenvalue weighted by Crippen LogP contribution is 2.27. The van der Waals surface area contributed by atoms with Crippen LogP contribution in [-0.2, 0) is 45.4 Å². The summed E-state index contributed by atoms with van der Waals surface area (Å²) in [6, 6.07) is 20.4. The van der Waals surface area contributed by atoms with Crippen molar-refractivity contribution >= 4 is 36.3 Å². The lowest BCUT2D eigenvalue weighted by Gasteiger charge is -2.25. The number of benzene rings is 3. The second kappa shape index (κ2) is 18.1. The maximum atomic E-state index is 12.5. The molecule has 12 heteroatoms. The Morgan fingerprint density at radius 2 is 1.58 bits per heavy atom. The monoisotopic (exact) mass is 659 g/mol. The van der Waals surface area contributed by atoms with Crippen LogP contribution >= 0.6 is 0 Å². The number of amides is 4. The van der Waals surface area contributed by atoms with Gasteiger partial charge in [0.25, 0.3) is 5.91 Å². The molecule has 1 heterocycles. The van der Waals surface area contributed by atoms with Crippen molar-refractivity contribution in [3.8, 4) is 5.75 Å². The zero-order chi connectivity index (χ0) is 35.1. The normalized spacial score (nSPS) is 12.4. The molecule has 0 aliphatic carbocycles. The molecule has 1 atom stereocenters. The van der Waals surface area contributed by atoms with Crippen LogP contribution in [0, 0.1) is 0 Å². The van der Waals surface area contributed by atoms with Crippen LogP contribution < -0.4 is 26.0 Å². The Hall–Kier alpha value is -5.39. The Bertz CT molecular complexity index is 1540. The molecule has 0 spiro atoms. The average molecular weight is 660 g/mol. The molecule has 4 rings (SSSR count). The molecule has 4 amide bonds. The number of nitrogens with one attached hydrogen (secondary N) is 4. The SMILES string of the molecule is CNC(=O)C(CCC=O)N1Cc2cc(CNC=O)ccc2C1=O.CNc1ccc(OCc2ccc(CNC(=O)OC(C)(C)C)cc2)cc1. The van der Waals surface area contributed by atoms with Gasteiger partial charge in [-0.25, -0.2) is 4.79 Å². The third-order valence-corrected chi connectivity index (χ3v) is 7.28. The van der Waals surface area contributed by atoms with Gasteiger partial charge in [0, 0.05) is 51.4 Å². The highest BCUT2D eigenvalue weighted by molar-refractivity contribution is 6.01. The fourth-order valence-electron chi connectivity index (χ4n) is 4.86. The maximum absolute atomic E-state index is 12.5. The molecular formula is C36H45N5O7. The van der Waals surface area contributed by atoms with Crippen LogP contribution in [0.5, 0.6) is 5.75 Å². The number of carbonyl (C=O) groups excluding carboxylic acids is 5. The number of fused-ring (bicyclic) bond motifs is 1. The van der Waals surface area contributed by atoms with E-state index in [2.05, 4.69) is 21.3 Å². The summed E-state index contributed by atoms with van der Waals surface area (Å²) in [7, 11) is 3.39. The number of likely N-dealkylation sites (N-methyl/N-ethyl adjacent to an activating group) is 1. The summed E-state index contributed by atoms with van der Waals surface area (Å²) in [5.41, 5.74) is 4.90. The van der Waals surface area contributed by atoms with Crippen LogP contribution in [0.15, 0.2) is 66.7 Å². The summed E-state index contributed by atoms with van der Waals surface area (Å²) in [4.78, 5) is 58.7. The van der Waals surface area contributed by atoms with Gasteiger partial charge in [-0.1, -0.05) is 36.4 Å². The number of carbonyl (C=O) groups is 5. The van der Waals surface area contributed by atoms with E-state index in [0.29, 0.717) is 44.6 Å². The van der Waals surface area contributed by atoms with E-state index in [4.69, 9.17) is 9.47 Å². The van der Waals surface area contributed by atoms with E-state index in [1.165, 1.54) is 11.9 Å². The lowest BCUT2D eigenvalue weighted by molar-refractivity contribution is -0.125. The summed E-state index contributed by atoms with van der Waals surface area (Å²) in [5, 5.41) is 10.9. The summed E-state index contributed by atoms with van der Waals surface area (Å²) >= 11 is 0. The van der Waals surface area contributed by atoms with Crippen LogP contribution in [0.3, 0.4) is 0 Å². The first kappa shape index (κ1) is 37.1. The fourth-order valence-corrected chi connectivity index (χ4v) is 4.86. The van der Waals surface area contributed by atoms with Crippen LogP contribution in [0.25, 0.3) is 0 Å². The van der Waals surface area contributed by atoms with E-state index in [-0.39, 0.29) is 18.2 Å². The van der Waals surface area contributed by atoms with Crippen molar-refractivity contribution in [3.63, 3.8) is 0 Å². The van der Waals surface area contributed by atoms with Gasteiger partial charge in [0.1, 0.15) is 30.3 Å².